The van der Waals surface area contributed by atoms with Gasteiger partial charge in [0.15, 0.2) is 0 Å². The van der Waals surface area contributed by atoms with E-state index in [1.54, 1.807) is 31.4 Å². The lowest BCUT2D eigenvalue weighted by Gasteiger charge is -2.48. The van der Waals surface area contributed by atoms with Crippen molar-refractivity contribution in [3.8, 4) is 5.75 Å². The molecule has 250 valence electrons. The number of aryl methyl sites for hydroxylation is 1. The minimum Gasteiger partial charge on any atom is -0.490 e. The van der Waals surface area contributed by atoms with E-state index in [9.17, 15) is 18.3 Å². The molecule has 1 aliphatic heterocycles. The fourth-order valence-electron chi connectivity index (χ4n) is 8.84. The molecule has 2 heterocycles. The highest BCUT2D eigenvalue weighted by atomic mass is 35.5. The number of ether oxygens (including phenoxy) is 2. The molecule has 3 aromatic rings. The molecule has 3 aliphatic carbocycles. The van der Waals surface area contributed by atoms with Crippen molar-refractivity contribution in [3.63, 3.8) is 0 Å². The minimum atomic E-state index is -3.64. The van der Waals surface area contributed by atoms with E-state index in [4.69, 9.17) is 21.1 Å². The monoisotopic (exact) mass is 679 g/mol. The number of sulfone groups is 1. The number of aromatic carboxylic acids is 1. The third-order valence-electron chi connectivity index (χ3n) is 11.3. The number of carbonyl (C=O) groups is 1. The summed E-state index contributed by atoms with van der Waals surface area (Å²) in [6.45, 7) is 1.95. The van der Waals surface area contributed by atoms with Crippen LogP contribution in [0.4, 0.5) is 5.69 Å². The lowest BCUT2D eigenvalue weighted by molar-refractivity contribution is -0.0589. The van der Waals surface area contributed by atoms with Crippen molar-refractivity contribution >= 4 is 33.1 Å². The molecule has 2 aromatic carbocycles. The van der Waals surface area contributed by atoms with Gasteiger partial charge in [0.2, 0.25) is 15.0 Å². The number of hydrogen-bond donors (Lipinski definition) is 1. The van der Waals surface area contributed by atoms with Gasteiger partial charge in [0, 0.05) is 43.0 Å². The average molecular weight is 680 g/mol. The van der Waals surface area contributed by atoms with Crippen molar-refractivity contribution in [2.45, 2.75) is 79.7 Å². The number of halogens is 1. The summed E-state index contributed by atoms with van der Waals surface area (Å²) in [5.74, 6) is 0.426. The molecule has 1 aromatic heterocycles. The van der Waals surface area contributed by atoms with Gasteiger partial charge >= 0.3 is 5.97 Å². The summed E-state index contributed by atoms with van der Waals surface area (Å²) < 4.78 is 39.7. The Balaban J connectivity index is 1.16. The van der Waals surface area contributed by atoms with Crippen molar-refractivity contribution in [3.05, 3.63) is 76.6 Å². The van der Waals surface area contributed by atoms with Crippen molar-refractivity contribution < 1.29 is 27.8 Å². The summed E-state index contributed by atoms with van der Waals surface area (Å²) >= 11 is 6.42. The zero-order valence-corrected chi connectivity index (χ0v) is 28.3. The van der Waals surface area contributed by atoms with Gasteiger partial charge in [-0.2, -0.15) is 0 Å². The van der Waals surface area contributed by atoms with Gasteiger partial charge in [0.25, 0.3) is 0 Å². The zero-order chi connectivity index (χ0) is 32.8. The molecule has 0 bridgehead atoms. The van der Waals surface area contributed by atoms with Crippen LogP contribution in [0.3, 0.4) is 0 Å². The summed E-state index contributed by atoms with van der Waals surface area (Å²) in [6.07, 6.45) is 10.8. The Bertz CT molecular complexity index is 1740. The number of rotatable bonds is 8. The normalized spacial score (nSPS) is 27.9. The van der Waals surface area contributed by atoms with Crippen LogP contribution in [-0.4, -0.2) is 67.6 Å². The summed E-state index contributed by atoms with van der Waals surface area (Å²) in [6, 6.07) is 13.0. The second kappa shape index (κ2) is 13.0. The number of carboxylic acids is 1. The maximum atomic E-state index is 13.5. The SMILES string of the molecule is COC([C@H]1CCC[C@@H](S(=O)(=O)c2ncccn2)C1)[C@@H]1CC[C@H]1CN1CC2(CCCc3cc(Cl)ccc32)COc2ccc(C(=O)O)cc21. The lowest BCUT2D eigenvalue weighted by atomic mass is 9.65. The number of aromatic nitrogens is 2. The van der Waals surface area contributed by atoms with Crippen LogP contribution in [-0.2, 0) is 26.4 Å². The van der Waals surface area contributed by atoms with E-state index < -0.39 is 21.1 Å². The van der Waals surface area contributed by atoms with Crippen LogP contribution in [0.25, 0.3) is 0 Å². The number of hydrogen-bond acceptors (Lipinski definition) is 8. The first-order valence-corrected chi connectivity index (χ1v) is 18.7. The van der Waals surface area contributed by atoms with E-state index in [1.165, 1.54) is 23.5 Å². The molecule has 4 aliphatic rings. The number of carboxylic acid groups (broad SMARTS) is 1. The molecular weight excluding hydrogens is 638 g/mol. The molecule has 47 heavy (non-hydrogen) atoms. The van der Waals surface area contributed by atoms with E-state index in [0.29, 0.717) is 37.7 Å². The average Bonchev–Trinajstić information content (AvgIpc) is 3.22. The Labute approximate surface area is 281 Å². The predicted molar refractivity (Wildman–Crippen MR) is 179 cm³/mol. The van der Waals surface area contributed by atoms with Crippen molar-refractivity contribution in [1.82, 2.24) is 9.97 Å². The van der Waals surface area contributed by atoms with Gasteiger partial charge in [-0.15, -0.1) is 0 Å². The van der Waals surface area contributed by atoms with Crippen LogP contribution in [0.5, 0.6) is 5.75 Å². The van der Waals surface area contributed by atoms with E-state index >= 15 is 0 Å². The Hall–Kier alpha value is -3.21. The minimum absolute atomic E-state index is 0.0667. The molecule has 1 spiro atoms. The van der Waals surface area contributed by atoms with Gasteiger partial charge in [-0.25, -0.2) is 23.2 Å². The maximum absolute atomic E-state index is 13.5. The second-order valence-corrected chi connectivity index (χ2v) is 16.5. The highest BCUT2D eigenvalue weighted by Crippen LogP contribution is 2.48. The fourth-order valence-corrected chi connectivity index (χ4v) is 10.7. The summed E-state index contributed by atoms with van der Waals surface area (Å²) in [7, 11) is -1.88. The van der Waals surface area contributed by atoms with E-state index in [-0.39, 0.29) is 34.1 Å². The predicted octanol–water partition coefficient (Wildman–Crippen LogP) is 6.38. The molecule has 2 unspecified atom stereocenters. The number of anilines is 1. The largest absolute Gasteiger partial charge is 0.490 e. The Morgan fingerprint density at radius 2 is 1.96 bits per heavy atom. The lowest BCUT2D eigenvalue weighted by Crippen LogP contribution is -2.51. The number of fused-ring (bicyclic) bond motifs is 3. The highest BCUT2D eigenvalue weighted by molar-refractivity contribution is 7.91. The first-order chi connectivity index (χ1) is 22.7. The summed E-state index contributed by atoms with van der Waals surface area (Å²) in [5.41, 5.74) is 3.31. The highest BCUT2D eigenvalue weighted by Gasteiger charge is 2.47. The molecule has 9 nitrogen and oxygen atoms in total. The number of methoxy groups -OCH3 is 1. The van der Waals surface area contributed by atoms with E-state index in [2.05, 4.69) is 27.0 Å². The molecule has 0 amide bonds. The zero-order valence-electron chi connectivity index (χ0n) is 26.7. The van der Waals surface area contributed by atoms with Crippen LogP contribution < -0.4 is 9.64 Å². The van der Waals surface area contributed by atoms with Crippen LogP contribution >= 0.6 is 11.6 Å². The number of nitrogens with zero attached hydrogens (tertiary/aromatic N) is 3. The molecule has 6 atom stereocenters. The second-order valence-electron chi connectivity index (χ2n) is 13.9. The topological polar surface area (TPSA) is 119 Å². The molecule has 2 fully saturated rings. The smallest absolute Gasteiger partial charge is 0.335 e. The van der Waals surface area contributed by atoms with Crippen LogP contribution in [0.1, 0.15) is 72.9 Å². The molecule has 7 rings (SSSR count). The Morgan fingerprint density at radius 1 is 1.13 bits per heavy atom. The van der Waals surface area contributed by atoms with Gasteiger partial charge < -0.3 is 19.5 Å². The van der Waals surface area contributed by atoms with Gasteiger partial charge in [0.05, 0.1) is 29.2 Å². The Morgan fingerprint density at radius 3 is 2.70 bits per heavy atom. The van der Waals surface area contributed by atoms with Crippen LogP contribution in [0.15, 0.2) is 60.0 Å². The van der Waals surface area contributed by atoms with E-state index in [0.717, 1.165) is 62.2 Å². The van der Waals surface area contributed by atoms with Crippen molar-refractivity contribution in [2.24, 2.45) is 17.8 Å². The van der Waals surface area contributed by atoms with Gasteiger partial charge in [0.1, 0.15) is 5.75 Å². The maximum Gasteiger partial charge on any atom is 0.335 e. The quantitative estimate of drug-likeness (QED) is 0.271. The summed E-state index contributed by atoms with van der Waals surface area (Å²) in [5, 5.41) is 10.0. The van der Waals surface area contributed by atoms with Crippen LogP contribution in [0, 0.1) is 17.8 Å². The molecule has 1 N–H and O–H groups in total. The van der Waals surface area contributed by atoms with Gasteiger partial charge in [-0.3, -0.25) is 0 Å². The van der Waals surface area contributed by atoms with Crippen LogP contribution in [0.2, 0.25) is 5.02 Å². The molecular formula is C36H42ClN3O6S. The molecule has 0 radical (unpaired) electrons. The van der Waals surface area contributed by atoms with Crippen molar-refractivity contribution in [2.75, 3.05) is 31.7 Å². The fraction of sp³-hybridized carbons (Fsp3) is 0.528. The molecule has 11 heteroatoms. The van der Waals surface area contributed by atoms with Gasteiger partial charge in [-0.1, -0.05) is 24.1 Å². The van der Waals surface area contributed by atoms with Crippen molar-refractivity contribution in [1.29, 1.82) is 0 Å². The Kier molecular flexibility index (Phi) is 8.95. The van der Waals surface area contributed by atoms with Gasteiger partial charge in [-0.05, 0) is 117 Å². The van der Waals surface area contributed by atoms with E-state index in [1.807, 2.05) is 6.07 Å². The standard InChI is InChI=1S/C36H42ClN3O6S/c1-45-33(24-5-2-7-28(18-24)47(43,44)35-38-15-4-16-39-35)29-11-8-26(29)20-40-21-36(14-3-6-23-17-27(37)10-12-30(23)36)22-46-32-13-9-25(34(41)42)19-31(32)40/h4,9-10,12-13,15-17,19,24,26,28-29,33H,2-3,5-8,11,14,18,20-22H2,1H3,(H,41,42)/t24-,26-,28+,29+,33?,36?/m0/s1. The molecule has 0 saturated heterocycles. The first kappa shape index (κ1) is 32.3. The summed E-state index contributed by atoms with van der Waals surface area (Å²) in [4.78, 5) is 22.6. The first-order valence-electron chi connectivity index (χ1n) is 16.8. The third kappa shape index (κ3) is 6.13. The molecule has 2 saturated carbocycles. The number of benzene rings is 2. The third-order valence-corrected chi connectivity index (χ3v) is 13.5.